The summed E-state index contributed by atoms with van der Waals surface area (Å²) in [5.74, 6) is -1.16. The first-order valence-electron chi connectivity index (χ1n) is 9.66. The summed E-state index contributed by atoms with van der Waals surface area (Å²) in [6.45, 7) is 8.98. The highest BCUT2D eigenvalue weighted by molar-refractivity contribution is 5.77. The van der Waals surface area contributed by atoms with Gasteiger partial charge in [0, 0.05) is 38.4 Å². The van der Waals surface area contributed by atoms with E-state index in [1.54, 1.807) is 25.7 Å². The number of nitrogens with zero attached hydrogens (tertiary/aromatic N) is 2. The molecule has 7 nitrogen and oxygen atoms in total. The molecule has 1 aliphatic heterocycles. The Labute approximate surface area is 173 Å². The van der Waals surface area contributed by atoms with Gasteiger partial charge in [-0.15, -0.1) is 0 Å². The molecule has 1 amide bonds. The third-order valence-corrected chi connectivity index (χ3v) is 4.60. The number of hydrogen-bond donors (Lipinski definition) is 2. The molecule has 0 aromatic heterocycles. The van der Waals surface area contributed by atoms with E-state index in [1.165, 1.54) is 13.0 Å². The Morgan fingerprint density at radius 2 is 1.77 bits per heavy atom. The molecule has 0 aliphatic carbocycles. The number of nitrogens with one attached hydrogen (secondary N) is 1. The molecule has 10 heteroatoms. The van der Waals surface area contributed by atoms with Gasteiger partial charge in [0.15, 0.2) is 0 Å². The molecule has 1 aromatic carbocycles. The van der Waals surface area contributed by atoms with E-state index in [-0.39, 0.29) is 5.69 Å². The van der Waals surface area contributed by atoms with Crippen LogP contribution in [-0.4, -0.2) is 64.8 Å². The number of piperazine rings is 1. The molecule has 0 radical (unpaired) electrons. The Morgan fingerprint density at radius 3 is 2.27 bits per heavy atom. The fraction of sp³-hybridized carbons (Fsp3) is 0.600. The molecule has 1 aromatic rings. The van der Waals surface area contributed by atoms with Crippen LogP contribution in [0, 0.1) is 0 Å². The number of anilines is 1. The van der Waals surface area contributed by atoms with Gasteiger partial charge < -0.3 is 20.1 Å². The van der Waals surface area contributed by atoms with Crippen LogP contribution >= 0.6 is 0 Å². The lowest BCUT2D eigenvalue weighted by Crippen LogP contribution is -2.49. The summed E-state index contributed by atoms with van der Waals surface area (Å²) in [6, 6.07) is 2.24. The molecule has 1 atom stereocenters. The lowest BCUT2D eigenvalue weighted by molar-refractivity contribution is -0.138. The maximum absolute atomic E-state index is 13.1. The summed E-state index contributed by atoms with van der Waals surface area (Å²) < 4.78 is 44.6. The number of amides is 1. The zero-order valence-electron chi connectivity index (χ0n) is 17.5. The van der Waals surface area contributed by atoms with Crippen LogP contribution in [0.1, 0.15) is 38.8 Å². The van der Waals surface area contributed by atoms with Gasteiger partial charge in [-0.1, -0.05) is 6.07 Å². The van der Waals surface area contributed by atoms with Gasteiger partial charge in [0.1, 0.15) is 11.6 Å². The van der Waals surface area contributed by atoms with Gasteiger partial charge in [-0.2, -0.15) is 13.2 Å². The quantitative estimate of drug-likeness (QED) is 0.741. The van der Waals surface area contributed by atoms with E-state index < -0.39 is 35.4 Å². The van der Waals surface area contributed by atoms with Gasteiger partial charge >= 0.3 is 18.2 Å². The number of carbonyl (C=O) groups excluding carboxylic acids is 1. The number of ether oxygens (including phenoxy) is 1. The fourth-order valence-corrected chi connectivity index (χ4v) is 2.98. The fourth-order valence-electron chi connectivity index (χ4n) is 2.98. The molecule has 1 saturated heterocycles. The summed E-state index contributed by atoms with van der Waals surface area (Å²) in [6.07, 6.45) is -4.92. The van der Waals surface area contributed by atoms with Crippen molar-refractivity contribution in [1.82, 2.24) is 9.80 Å². The highest BCUT2D eigenvalue weighted by atomic mass is 19.4. The van der Waals surface area contributed by atoms with Crippen LogP contribution in [0.4, 0.5) is 23.7 Å². The maximum atomic E-state index is 13.1. The number of rotatable bonds is 5. The predicted molar refractivity (Wildman–Crippen MR) is 105 cm³/mol. The van der Waals surface area contributed by atoms with Crippen LogP contribution in [0.15, 0.2) is 18.2 Å². The molecule has 1 heterocycles. The van der Waals surface area contributed by atoms with Crippen molar-refractivity contribution in [3.63, 3.8) is 0 Å². The highest BCUT2D eigenvalue weighted by Crippen LogP contribution is 2.33. The van der Waals surface area contributed by atoms with E-state index in [1.807, 2.05) is 4.90 Å². The summed E-state index contributed by atoms with van der Waals surface area (Å²) in [4.78, 5) is 26.9. The van der Waals surface area contributed by atoms with Gasteiger partial charge in [-0.3, -0.25) is 9.69 Å². The van der Waals surface area contributed by atoms with Crippen molar-refractivity contribution in [3.8, 4) is 0 Å². The van der Waals surface area contributed by atoms with E-state index in [9.17, 15) is 22.8 Å². The number of hydrogen-bond acceptors (Lipinski definition) is 5. The van der Waals surface area contributed by atoms with Gasteiger partial charge in [0.2, 0.25) is 0 Å². The minimum absolute atomic E-state index is 0.134. The molecule has 2 rings (SSSR count). The Bertz CT molecular complexity index is 770. The van der Waals surface area contributed by atoms with Crippen molar-refractivity contribution < 1.29 is 32.6 Å². The molecular weight excluding hydrogens is 403 g/mol. The van der Waals surface area contributed by atoms with Gasteiger partial charge in [-0.25, -0.2) is 4.79 Å². The molecule has 0 spiro atoms. The zero-order chi connectivity index (χ0) is 22.7. The van der Waals surface area contributed by atoms with Crippen LogP contribution in [0.25, 0.3) is 0 Å². The van der Waals surface area contributed by atoms with E-state index >= 15 is 0 Å². The number of halogens is 3. The first kappa shape index (κ1) is 23.8. The molecule has 0 bridgehead atoms. The molecule has 1 aliphatic rings. The molecule has 2 N–H and O–H groups in total. The van der Waals surface area contributed by atoms with E-state index in [0.717, 1.165) is 12.1 Å². The monoisotopic (exact) mass is 431 g/mol. The van der Waals surface area contributed by atoms with Crippen LogP contribution in [0.2, 0.25) is 0 Å². The molecule has 30 heavy (non-hydrogen) atoms. The second-order valence-electron chi connectivity index (χ2n) is 8.32. The smallest absolute Gasteiger partial charge is 0.416 e. The lowest BCUT2D eigenvalue weighted by Gasteiger charge is -2.36. The zero-order valence-corrected chi connectivity index (χ0v) is 17.5. The minimum atomic E-state index is -4.53. The standard InChI is InChI=1S/C20H28F3N3O4/c1-13(17(27)28)24-16-11-15(20(21,22)23)6-5-14(16)12-25-7-9-26(10-8-25)18(29)30-19(2,3)4/h5-6,11,13,24H,7-10,12H2,1-4H3,(H,27,28)/t13-/m0/s1. The summed E-state index contributed by atoms with van der Waals surface area (Å²) in [5.41, 5.74) is -0.743. The van der Waals surface area contributed by atoms with Crippen LogP contribution in [-0.2, 0) is 22.3 Å². The first-order chi connectivity index (χ1) is 13.8. The molecule has 0 unspecified atom stereocenters. The largest absolute Gasteiger partial charge is 0.480 e. The molecular formula is C20H28F3N3O4. The number of carboxylic acids is 1. The van der Waals surface area contributed by atoms with Crippen LogP contribution in [0.3, 0.4) is 0 Å². The third kappa shape index (κ3) is 6.79. The average Bonchev–Trinajstić information content (AvgIpc) is 2.61. The number of alkyl halides is 3. The predicted octanol–water partition coefficient (Wildman–Crippen LogP) is 3.64. The minimum Gasteiger partial charge on any atom is -0.480 e. The number of carboxylic acid groups (broad SMARTS) is 1. The Balaban J connectivity index is 2.09. The third-order valence-electron chi connectivity index (χ3n) is 4.60. The van der Waals surface area contributed by atoms with Crippen molar-refractivity contribution in [1.29, 1.82) is 0 Å². The Kier molecular flexibility index (Phi) is 7.23. The second-order valence-corrected chi connectivity index (χ2v) is 8.32. The Morgan fingerprint density at radius 1 is 1.17 bits per heavy atom. The SMILES string of the molecule is C[C@H](Nc1cc(C(F)(F)F)ccc1CN1CCN(C(=O)OC(C)(C)C)CC1)C(=O)O. The van der Waals surface area contributed by atoms with Crippen molar-refractivity contribution in [2.24, 2.45) is 0 Å². The number of carbonyl (C=O) groups is 2. The summed E-state index contributed by atoms with van der Waals surface area (Å²) in [5, 5.41) is 11.8. The van der Waals surface area contributed by atoms with Crippen molar-refractivity contribution in [3.05, 3.63) is 29.3 Å². The van der Waals surface area contributed by atoms with Crippen LogP contribution < -0.4 is 5.32 Å². The average molecular weight is 431 g/mol. The lowest BCUT2D eigenvalue weighted by atomic mass is 10.1. The van der Waals surface area contributed by atoms with Gasteiger partial charge in [-0.05, 0) is 45.4 Å². The van der Waals surface area contributed by atoms with Crippen molar-refractivity contribution in [2.45, 2.75) is 52.1 Å². The highest BCUT2D eigenvalue weighted by Gasteiger charge is 2.32. The second kappa shape index (κ2) is 9.11. The van der Waals surface area contributed by atoms with Gasteiger partial charge in [0.05, 0.1) is 5.56 Å². The summed E-state index contributed by atoms with van der Waals surface area (Å²) >= 11 is 0. The van der Waals surface area contributed by atoms with E-state index in [0.29, 0.717) is 38.3 Å². The first-order valence-corrected chi connectivity index (χ1v) is 9.66. The maximum Gasteiger partial charge on any atom is 0.416 e. The summed E-state index contributed by atoms with van der Waals surface area (Å²) in [7, 11) is 0. The van der Waals surface area contributed by atoms with Crippen LogP contribution in [0.5, 0.6) is 0 Å². The Hall–Kier alpha value is -2.49. The molecule has 168 valence electrons. The van der Waals surface area contributed by atoms with E-state index in [4.69, 9.17) is 9.84 Å². The molecule has 0 saturated carbocycles. The topological polar surface area (TPSA) is 82.1 Å². The van der Waals surface area contributed by atoms with Gasteiger partial charge in [0.25, 0.3) is 0 Å². The number of benzene rings is 1. The van der Waals surface area contributed by atoms with Crippen molar-refractivity contribution in [2.75, 3.05) is 31.5 Å². The van der Waals surface area contributed by atoms with E-state index in [2.05, 4.69) is 5.32 Å². The normalized spacial score (nSPS) is 16.8. The number of aliphatic carboxylic acids is 1. The van der Waals surface area contributed by atoms with Crippen molar-refractivity contribution >= 4 is 17.7 Å². The molecule has 1 fully saturated rings.